The van der Waals surface area contributed by atoms with Gasteiger partial charge in [0, 0.05) is 86.0 Å². The molecule has 0 aliphatic carbocycles. The van der Waals surface area contributed by atoms with Crippen LogP contribution in [0, 0.1) is 53.8 Å². The predicted molar refractivity (Wildman–Crippen MR) is 169 cm³/mol. The first-order valence-electron chi connectivity index (χ1n) is 13.9. The number of nitrogens with one attached hydrogen (secondary N) is 2. The number of rotatable bonds is 8. The van der Waals surface area contributed by atoms with E-state index in [0.29, 0.717) is 18.5 Å². The van der Waals surface area contributed by atoms with E-state index in [2.05, 4.69) is 23.1 Å². The Balaban J connectivity index is 0.00000423. The molecule has 0 saturated carbocycles. The molecule has 9 heteroatoms. The first-order chi connectivity index (χ1) is 20.0. The minimum atomic E-state index is -0.883. The van der Waals surface area contributed by atoms with Gasteiger partial charge in [-0.15, -0.1) is 0 Å². The van der Waals surface area contributed by atoms with Crippen LogP contribution in [-0.2, 0) is 16.0 Å². The predicted octanol–water partition coefficient (Wildman–Crippen LogP) is 7.50. The summed E-state index contributed by atoms with van der Waals surface area (Å²) in [5, 5.41) is 18.9. The molecule has 2 aliphatic heterocycles. The first-order valence-corrected chi connectivity index (χ1v) is 13.9. The van der Waals surface area contributed by atoms with Gasteiger partial charge in [-0.25, -0.2) is 9.97 Å². The van der Waals surface area contributed by atoms with Gasteiger partial charge in [0.05, 0.1) is 22.8 Å². The fraction of sp³-hybridized carbons (Fsp3) is 0.235. The molecule has 0 fully saturated rings. The fourth-order valence-electron chi connectivity index (χ4n) is 5.77. The van der Waals surface area contributed by atoms with E-state index in [-0.39, 0.29) is 52.8 Å². The second-order valence-electron chi connectivity index (χ2n) is 10.7. The van der Waals surface area contributed by atoms with Crippen LogP contribution in [0.5, 0.6) is 0 Å². The molecule has 3 aromatic heterocycles. The number of nitrogens with zero attached hydrogens (tertiary/aromatic N) is 2. The van der Waals surface area contributed by atoms with Gasteiger partial charge in [0.1, 0.15) is 0 Å². The van der Waals surface area contributed by atoms with Crippen LogP contribution in [0.1, 0.15) is 78.1 Å². The van der Waals surface area contributed by atoms with Gasteiger partial charge in [-0.1, -0.05) is 25.3 Å². The van der Waals surface area contributed by atoms with Crippen LogP contribution in [0.4, 0.5) is 0 Å². The van der Waals surface area contributed by atoms with Gasteiger partial charge in [0.15, 0.2) is 0 Å². The average molecular weight is 720 g/mol. The van der Waals surface area contributed by atoms with E-state index in [0.717, 1.165) is 83.7 Å². The summed E-state index contributed by atoms with van der Waals surface area (Å²) >= 11 is 0. The number of hydrogen-bond acceptors (Lipinski definition) is 4. The summed E-state index contributed by atoms with van der Waals surface area (Å²) < 4.78 is 0. The number of carboxylic acids is 2. The molecular formula is C34H34GdN4O4. The van der Waals surface area contributed by atoms with E-state index in [1.807, 2.05) is 58.0 Å². The van der Waals surface area contributed by atoms with E-state index >= 15 is 0 Å². The van der Waals surface area contributed by atoms with Gasteiger partial charge in [0.25, 0.3) is 0 Å². The van der Waals surface area contributed by atoms with Crippen molar-refractivity contribution in [2.24, 2.45) is 0 Å². The molecule has 0 saturated heterocycles. The van der Waals surface area contributed by atoms with Crippen LogP contribution >= 0.6 is 0 Å². The molecule has 43 heavy (non-hydrogen) atoms. The Hall–Kier alpha value is -3.66. The fourth-order valence-corrected chi connectivity index (χ4v) is 5.77. The van der Waals surface area contributed by atoms with Crippen molar-refractivity contribution >= 4 is 62.4 Å². The molecule has 8 bridgehead atoms. The summed E-state index contributed by atoms with van der Waals surface area (Å²) in [4.78, 5) is 40.0. The molecule has 3 aromatic rings. The molecule has 0 unspecified atom stereocenters. The van der Waals surface area contributed by atoms with Gasteiger partial charge in [-0.05, 0) is 98.2 Å². The number of H-pyrrole nitrogens is 2. The number of aromatic nitrogens is 4. The summed E-state index contributed by atoms with van der Waals surface area (Å²) in [5.74, 6) is -1.76. The van der Waals surface area contributed by atoms with Crippen molar-refractivity contribution in [3.63, 3.8) is 0 Å². The summed E-state index contributed by atoms with van der Waals surface area (Å²) in [5.41, 5.74) is 13.7. The summed E-state index contributed by atoms with van der Waals surface area (Å²) in [6.45, 7) is 16.0. The Kier molecular flexibility index (Phi) is 9.69. The van der Waals surface area contributed by atoms with Crippen molar-refractivity contribution in [2.45, 2.75) is 53.4 Å². The smallest absolute Gasteiger partial charge is 0.303 e. The van der Waals surface area contributed by atoms with Crippen LogP contribution in [0.25, 0.3) is 50.4 Å². The quantitative estimate of drug-likeness (QED) is 0.191. The van der Waals surface area contributed by atoms with Crippen LogP contribution in [0.15, 0.2) is 43.5 Å². The zero-order chi connectivity index (χ0) is 30.3. The third-order valence-corrected chi connectivity index (χ3v) is 8.22. The molecule has 2 aliphatic rings. The molecular weight excluding hydrogens is 686 g/mol. The number of aryl methyl sites for hydroxylation is 3. The average Bonchev–Trinajstić information content (AvgIpc) is 3.59. The number of carboxylic acid groups (broad SMARTS) is 2. The Morgan fingerprint density at radius 1 is 0.721 bits per heavy atom. The molecule has 4 N–H and O–H groups in total. The molecule has 0 amide bonds. The summed E-state index contributed by atoms with van der Waals surface area (Å²) in [6, 6.07) is 7.88. The third-order valence-electron chi connectivity index (χ3n) is 8.22. The zero-order valence-electron chi connectivity index (χ0n) is 24.7. The molecule has 8 nitrogen and oxygen atoms in total. The van der Waals surface area contributed by atoms with E-state index < -0.39 is 11.9 Å². The van der Waals surface area contributed by atoms with Gasteiger partial charge < -0.3 is 20.2 Å². The van der Waals surface area contributed by atoms with Crippen LogP contribution < -0.4 is 0 Å². The minimum absolute atomic E-state index is 0. The normalized spacial score (nSPS) is 12.7. The van der Waals surface area contributed by atoms with Crippen LogP contribution in [0.2, 0.25) is 0 Å². The van der Waals surface area contributed by atoms with Gasteiger partial charge in [-0.2, -0.15) is 0 Å². The van der Waals surface area contributed by atoms with Crippen molar-refractivity contribution < 1.29 is 59.7 Å². The number of allylic oxidation sites excluding steroid dienone is 5. The Labute approximate surface area is 282 Å². The summed E-state index contributed by atoms with van der Waals surface area (Å²) in [7, 11) is 0. The topological polar surface area (TPSA) is 132 Å². The molecule has 0 aromatic carbocycles. The second-order valence-corrected chi connectivity index (χ2v) is 10.7. The standard InChI is InChI=1S/C34H34N4O4.Gd/c1-7-21-17(3)25-13-26-19(5)23(9-11-33(39)40)31(37-26)16-32-24(10-12-34(41)42)20(6)28(38-32)15-30-22(8-2)18(4)27(36-30)14-29(21)35-25;/h7-8,13-16,35,38H,1-2,9-12H2,3-6H3,(H,39,40)(H,41,42);. The van der Waals surface area contributed by atoms with Gasteiger partial charge in [-0.3, -0.25) is 9.59 Å². The molecule has 0 spiro atoms. The van der Waals surface area contributed by atoms with Crippen LogP contribution in [-0.4, -0.2) is 42.1 Å². The number of hydrogen-bond donors (Lipinski definition) is 4. The van der Waals surface area contributed by atoms with Crippen molar-refractivity contribution in [1.29, 1.82) is 0 Å². The third kappa shape index (κ3) is 6.21. The van der Waals surface area contributed by atoms with Crippen LogP contribution in [0.3, 0.4) is 0 Å². The van der Waals surface area contributed by atoms with E-state index in [4.69, 9.17) is 9.97 Å². The maximum absolute atomic E-state index is 11.5. The number of carbonyl (C=O) groups is 2. The molecule has 222 valence electrons. The maximum atomic E-state index is 11.5. The monoisotopic (exact) mass is 720 g/mol. The van der Waals surface area contributed by atoms with Gasteiger partial charge >= 0.3 is 11.9 Å². The van der Waals surface area contributed by atoms with Crippen molar-refractivity contribution in [2.75, 3.05) is 0 Å². The number of fused-ring (bicyclic) bond motifs is 8. The van der Waals surface area contributed by atoms with E-state index in [1.54, 1.807) is 6.08 Å². The molecule has 5 heterocycles. The van der Waals surface area contributed by atoms with Gasteiger partial charge in [0.2, 0.25) is 0 Å². The summed E-state index contributed by atoms with van der Waals surface area (Å²) in [6.07, 6.45) is 4.22. The molecule has 5 rings (SSSR count). The maximum Gasteiger partial charge on any atom is 0.303 e. The van der Waals surface area contributed by atoms with Crippen molar-refractivity contribution in [3.05, 3.63) is 88.5 Å². The minimum Gasteiger partial charge on any atom is -0.481 e. The second kappa shape index (κ2) is 12.9. The Morgan fingerprint density at radius 3 is 1.91 bits per heavy atom. The zero-order valence-corrected chi connectivity index (χ0v) is 26.9. The van der Waals surface area contributed by atoms with Crippen molar-refractivity contribution in [3.8, 4) is 0 Å². The number of aliphatic carboxylic acids is 2. The van der Waals surface area contributed by atoms with Crippen molar-refractivity contribution in [1.82, 2.24) is 19.9 Å². The molecule has 0 atom stereocenters. The Bertz CT molecular complexity index is 1920. The SMILES string of the molecule is C=CC1=C(C)c2cc3[nH]c(cc4nc(cc5[nH]c(cc1n2)c(C)c5CCC(=O)O)C(CCC(=O)O)=C4C)c(C)c3C=C.[Gd]. The molecule has 0 radical (unpaired) electrons. The Morgan fingerprint density at radius 2 is 1.26 bits per heavy atom. The first kappa shape index (κ1) is 32.3. The number of aromatic amines is 2. The van der Waals surface area contributed by atoms with E-state index in [9.17, 15) is 19.8 Å². The van der Waals surface area contributed by atoms with E-state index in [1.165, 1.54) is 0 Å². The largest absolute Gasteiger partial charge is 0.481 e.